The highest BCUT2D eigenvalue weighted by molar-refractivity contribution is 7.89. The number of rotatable bonds is 9. The summed E-state index contributed by atoms with van der Waals surface area (Å²) in [5.41, 5.74) is 1.24. The van der Waals surface area contributed by atoms with Gasteiger partial charge in [0.25, 0.3) is 0 Å². The Morgan fingerprint density at radius 3 is 2.45 bits per heavy atom. The van der Waals surface area contributed by atoms with E-state index in [0.29, 0.717) is 5.56 Å². The minimum Gasteiger partial charge on any atom is -0.495 e. The van der Waals surface area contributed by atoms with Crippen molar-refractivity contribution in [2.45, 2.75) is 18.7 Å². The molecule has 0 amide bonds. The van der Waals surface area contributed by atoms with E-state index in [1.54, 1.807) is 26.1 Å². The van der Waals surface area contributed by atoms with Crippen LogP contribution in [0.3, 0.4) is 0 Å². The van der Waals surface area contributed by atoms with Gasteiger partial charge in [0.2, 0.25) is 15.8 Å². The number of aromatic nitrogens is 1. The maximum Gasteiger partial charge on any atom is 0.338 e. The van der Waals surface area contributed by atoms with Gasteiger partial charge in [-0.3, -0.25) is 4.79 Å². The molecular formula is C22H24N2O6S. The predicted molar refractivity (Wildman–Crippen MR) is 116 cm³/mol. The fraction of sp³-hybridized carbons (Fsp3) is 0.273. The van der Waals surface area contributed by atoms with Crippen LogP contribution in [0.15, 0.2) is 53.6 Å². The smallest absolute Gasteiger partial charge is 0.338 e. The molecule has 0 saturated carbocycles. The number of hydrogen-bond acceptors (Lipinski definition) is 6. The van der Waals surface area contributed by atoms with Crippen LogP contribution in [0.25, 0.3) is 10.9 Å². The third-order valence-corrected chi connectivity index (χ3v) is 7.02. The molecule has 1 aromatic heterocycles. The van der Waals surface area contributed by atoms with Crippen LogP contribution in [-0.4, -0.2) is 56.3 Å². The van der Waals surface area contributed by atoms with E-state index >= 15 is 0 Å². The molecule has 0 fully saturated rings. The molecule has 0 aliphatic carbocycles. The lowest BCUT2D eigenvalue weighted by atomic mass is 10.1. The van der Waals surface area contributed by atoms with E-state index in [4.69, 9.17) is 9.47 Å². The first-order valence-electron chi connectivity index (χ1n) is 9.78. The monoisotopic (exact) mass is 444 g/mol. The number of aromatic amines is 1. The molecule has 0 atom stereocenters. The van der Waals surface area contributed by atoms with Gasteiger partial charge in [-0.2, -0.15) is 4.31 Å². The van der Waals surface area contributed by atoms with E-state index in [1.165, 1.54) is 29.6 Å². The van der Waals surface area contributed by atoms with Crippen LogP contribution in [0.2, 0.25) is 0 Å². The van der Waals surface area contributed by atoms with Gasteiger partial charge in [-0.1, -0.05) is 32.0 Å². The SMILES string of the molecule is CCN(CC)S(=O)(=O)c1cc(C(=O)OCC(=O)c2c[nH]c3ccccc23)ccc1OC. The molecule has 9 heteroatoms. The standard InChI is InChI=1S/C22H24N2O6S/c1-4-24(5-2)31(27,28)21-12-15(10-11-20(21)29-3)22(26)30-14-19(25)17-13-23-18-9-7-6-8-16(17)18/h6-13,23H,4-5,14H2,1-3H3. The number of ether oxygens (including phenoxy) is 2. The fourth-order valence-corrected chi connectivity index (χ4v) is 4.94. The van der Waals surface area contributed by atoms with Crippen LogP contribution >= 0.6 is 0 Å². The van der Waals surface area contributed by atoms with Crippen molar-refractivity contribution in [2.75, 3.05) is 26.8 Å². The summed E-state index contributed by atoms with van der Waals surface area (Å²) in [7, 11) is -2.51. The van der Waals surface area contributed by atoms with Gasteiger partial charge in [-0.25, -0.2) is 13.2 Å². The van der Waals surface area contributed by atoms with Gasteiger partial charge < -0.3 is 14.5 Å². The van der Waals surface area contributed by atoms with Crippen molar-refractivity contribution in [3.05, 3.63) is 59.8 Å². The molecular weight excluding hydrogens is 420 g/mol. The zero-order valence-electron chi connectivity index (χ0n) is 17.5. The van der Waals surface area contributed by atoms with Crippen LogP contribution in [0.4, 0.5) is 0 Å². The number of fused-ring (bicyclic) bond motifs is 1. The summed E-state index contributed by atoms with van der Waals surface area (Å²) < 4.78 is 37.5. The molecule has 8 nitrogen and oxygen atoms in total. The molecule has 0 aliphatic heterocycles. The number of carbonyl (C=O) groups is 2. The highest BCUT2D eigenvalue weighted by Gasteiger charge is 2.27. The number of benzene rings is 2. The number of nitrogens with one attached hydrogen (secondary N) is 1. The first-order valence-corrected chi connectivity index (χ1v) is 11.2. The average molecular weight is 445 g/mol. The molecule has 1 heterocycles. The number of hydrogen-bond donors (Lipinski definition) is 1. The van der Waals surface area contributed by atoms with Crippen molar-refractivity contribution < 1.29 is 27.5 Å². The second-order valence-corrected chi connectivity index (χ2v) is 8.61. The van der Waals surface area contributed by atoms with Crippen LogP contribution < -0.4 is 4.74 Å². The molecule has 0 radical (unpaired) electrons. The lowest BCUT2D eigenvalue weighted by Crippen LogP contribution is -2.31. The molecule has 0 bridgehead atoms. The number of sulfonamides is 1. The molecule has 0 aliphatic rings. The fourth-order valence-electron chi connectivity index (χ4n) is 3.30. The molecule has 3 rings (SSSR count). The van der Waals surface area contributed by atoms with Crippen molar-refractivity contribution in [1.82, 2.24) is 9.29 Å². The quantitative estimate of drug-likeness (QED) is 0.401. The topological polar surface area (TPSA) is 106 Å². The molecule has 0 saturated heterocycles. The number of carbonyl (C=O) groups excluding carboxylic acids is 2. The minimum absolute atomic E-state index is 0.0123. The maximum absolute atomic E-state index is 12.9. The summed E-state index contributed by atoms with van der Waals surface area (Å²) in [5.74, 6) is -1.04. The van der Waals surface area contributed by atoms with E-state index in [9.17, 15) is 18.0 Å². The highest BCUT2D eigenvalue weighted by Crippen LogP contribution is 2.28. The first kappa shape index (κ1) is 22.5. The molecule has 0 spiro atoms. The summed E-state index contributed by atoms with van der Waals surface area (Å²) >= 11 is 0. The van der Waals surface area contributed by atoms with E-state index in [0.717, 1.165) is 10.9 Å². The van der Waals surface area contributed by atoms with E-state index < -0.39 is 22.6 Å². The van der Waals surface area contributed by atoms with Crippen LogP contribution in [-0.2, 0) is 14.8 Å². The number of Topliss-reactive ketones (excluding diaryl/α,β-unsaturated/α-hetero) is 1. The van der Waals surface area contributed by atoms with Gasteiger partial charge in [0.05, 0.1) is 12.7 Å². The van der Waals surface area contributed by atoms with Crippen LogP contribution in [0.1, 0.15) is 34.6 Å². The highest BCUT2D eigenvalue weighted by atomic mass is 32.2. The third-order valence-electron chi connectivity index (χ3n) is 4.95. The predicted octanol–water partition coefficient (Wildman–Crippen LogP) is 3.25. The number of esters is 1. The molecule has 3 aromatic rings. The number of nitrogens with zero attached hydrogens (tertiary/aromatic N) is 1. The molecule has 0 unspecified atom stereocenters. The Morgan fingerprint density at radius 1 is 1.06 bits per heavy atom. The second kappa shape index (κ2) is 9.32. The summed E-state index contributed by atoms with van der Waals surface area (Å²) in [6, 6.07) is 11.3. The van der Waals surface area contributed by atoms with Gasteiger partial charge in [-0.05, 0) is 24.3 Å². The normalized spacial score (nSPS) is 11.6. The van der Waals surface area contributed by atoms with Crippen LogP contribution in [0.5, 0.6) is 5.75 Å². The summed E-state index contributed by atoms with van der Waals surface area (Å²) in [6.45, 7) is 3.53. The van der Waals surface area contributed by atoms with Crippen molar-refractivity contribution >= 4 is 32.7 Å². The lowest BCUT2D eigenvalue weighted by Gasteiger charge is -2.20. The van der Waals surface area contributed by atoms with Crippen molar-refractivity contribution in [2.24, 2.45) is 0 Å². The second-order valence-electron chi connectivity index (χ2n) is 6.70. The summed E-state index contributed by atoms with van der Waals surface area (Å²) in [5, 5.41) is 0.737. The van der Waals surface area contributed by atoms with E-state index in [1.807, 2.05) is 18.2 Å². The first-order chi connectivity index (χ1) is 14.8. The van der Waals surface area contributed by atoms with E-state index in [2.05, 4.69) is 4.98 Å². The Labute approximate surface area is 180 Å². The number of para-hydroxylation sites is 1. The van der Waals surface area contributed by atoms with Gasteiger partial charge in [-0.15, -0.1) is 0 Å². The van der Waals surface area contributed by atoms with Gasteiger partial charge in [0.15, 0.2) is 6.61 Å². The molecule has 164 valence electrons. The van der Waals surface area contributed by atoms with Gasteiger partial charge in [0, 0.05) is 35.8 Å². The number of methoxy groups -OCH3 is 1. The Bertz CT molecular complexity index is 1210. The van der Waals surface area contributed by atoms with Gasteiger partial charge >= 0.3 is 5.97 Å². The molecule has 2 aromatic carbocycles. The van der Waals surface area contributed by atoms with Crippen molar-refractivity contribution in [3.8, 4) is 5.75 Å². The third kappa shape index (κ3) is 4.47. The Kier molecular flexibility index (Phi) is 6.77. The zero-order chi connectivity index (χ0) is 22.6. The molecule has 31 heavy (non-hydrogen) atoms. The number of ketones is 1. The lowest BCUT2D eigenvalue weighted by molar-refractivity contribution is 0.0475. The summed E-state index contributed by atoms with van der Waals surface area (Å²) in [4.78, 5) is 27.9. The summed E-state index contributed by atoms with van der Waals surface area (Å²) in [6.07, 6.45) is 1.57. The largest absolute Gasteiger partial charge is 0.495 e. The number of H-pyrrole nitrogens is 1. The Hall–Kier alpha value is -3.17. The minimum atomic E-state index is -3.86. The maximum atomic E-state index is 12.9. The van der Waals surface area contributed by atoms with Crippen molar-refractivity contribution in [1.29, 1.82) is 0 Å². The Morgan fingerprint density at radius 2 is 1.77 bits per heavy atom. The Balaban J connectivity index is 1.81. The zero-order valence-corrected chi connectivity index (χ0v) is 18.4. The van der Waals surface area contributed by atoms with Crippen molar-refractivity contribution in [3.63, 3.8) is 0 Å². The van der Waals surface area contributed by atoms with Gasteiger partial charge in [0.1, 0.15) is 10.6 Å². The average Bonchev–Trinajstić information content (AvgIpc) is 3.21. The van der Waals surface area contributed by atoms with Crippen LogP contribution in [0, 0.1) is 0 Å². The molecule has 1 N–H and O–H groups in total. The van der Waals surface area contributed by atoms with E-state index in [-0.39, 0.29) is 35.1 Å².